The second-order valence-electron chi connectivity index (χ2n) is 5.79. The third-order valence-corrected chi connectivity index (χ3v) is 4.14. The lowest BCUT2D eigenvalue weighted by Gasteiger charge is -2.13. The van der Waals surface area contributed by atoms with Crippen LogP contribution in [0.25, 0.3) is 0 Å². The van der Waals surface area contributed by atoms with Gasteiger partial charge in [0.15, 0.2) is 0 Å². The van der Waals surface area contributed by atoms with Crippen LogP contribution in [0, 0.1) is 17.7 Å². The van der Waals surface area contributed by atoms with Crippen molar-refractivity contribution in [2.75, 3.05) is 5.32 Å². The van der Waals surface area contributed by atoms with Gasteiger partial charge in [0.2, 0.25) is 5.95 Å². The van der Waals surface area contributed by atoms with Crippen molar-refractivity contribution in [3.63, 3.8) is 0 Å². The van der Waals surface area contributed by atoms with Crippen molar-refractivity contribution in [3.8, 4) is 0 Å². The first-order valence-corrected chi connectivity index (χ1v) is 7.44. The van der Waals surface area contributed by atoms with Crippen LogP contribution in [0.5, 0.6) is 0 Å². The molecule has 1 atom stereocenters. The Hall–Kier alpha value is -2.83. The summed E-state index contributed by atoms with van der Waals surface area (Å²) >= 11 is 0. The Morgan fingerprint density at radius 2 is 2.13 bits per heavy atom. The summed E-state index contributed by atoms with van der Waals surface area (Å²) in [5.41, 5.74) is 3.11. The maximum Gasteiger partial charge on any atom is 0.261 e. The number of carbonyl (C=O) groups is 1. The fraction of sp³-hybridized carbons (Fsp3) is 0.312. The van der Waals surface area contributed by atoms with Crippen LogP contribution in [-0.2, 0) is 6.42 Å². The highest BCUT2D eigenvalue weighted by molar-refractivity contribution is 6.03. The molecule has 1 aliphatic carbocycles. The molecule has 0 saturated carbocycles. The Balaban J connectivity index is 2.01. The van der Waals surface area contributed by atoms with Crippen LogP contribution in [0.4, 0.5) is 5.95 Å². The van der Waals surface area contributed by atoms with Crippen LogP contribution < -0.4 is 10.8 Å². The molecule has 1 aliphatic rings. The smallest absolute Gasteiger partial charge is 0.261 e. The second kappa shape index (κ2) is 5.75. The molecule has 0 saturated heterocycles. The first-order chi connectivity index (χ1) is 11.0. The van der Waals surface area contributed by atoms with Gasteiger partial charge in [0.1, 0.15) is 5.49 Å². The van der Waals surface area contributed by atoms with Gasteiger partial charge in [-0.05, 0) is 42.9 Å². The normalized spacial score (nSPS) is 16.0. The summed E-state index contributed by atoms with van der Waals surface area (Å²) in [4.78, 5) is 20.6. The SMILES string of the molecule is Cc1cnc(NC(=O)c2cc3c(n(C=N)c2=N)CCC3C)nc1. The second-order valence-corrected chi connectivity index (χ2v) is 5.79. The minimum absolute atomic E-state index is 0.0115. The average Bonchev–Trinajstić information content (AvgIpc) is 2.90. The summed E-state index contributed by atoms with van der Waals surface area (Å²) < 4.78 is 1.48. The number of amides is 1. The van der Waals surface area contributed by atoms with Crippen molar-refractivity contribution in [2.24, 2.45) is 0 Å². The number of rotatable bonds is 3. The van der Waals surface area contributed by atoms with E-state index in [-0.39, 0.29) is 17.0 Å². The quantitative estimate of drug-likeness (QED) is 0.594. The molecule has 7 heteroatoms. The third-order valence-electron chi connectivity index (χ3n) is 4.14. The highest BCUT2D eigenvalue weighted by Crippen LogP contribution is 2.31. The van der Waals surface area contributed by atoms with E-state index in [1.807, 2.05) is 6.92 Å². The number of pyridine rings is 1. The van der Waals surface area contributed by atoms with E-state index < -0.39 is 5.91 Å². The Morgan fingerprint density at radius 1 is 1.43 bits per heavy atom. The Bertz CT molecular complexity index is 837. The van der Waals surface area contributed by atoms with Crippen LogP contribution >= 0.6 is 0 Å². The molecule has 2 heterocycles. The minimum Gasteiger partial charge on any atom is -0.291 e. The number of nitrogens with zero attached hydrogens (tertiary/aromatic N) is 3. The number of carbonyl (C=O) groups excluding carboxylic acids is 1. The fourth-order valence-electron chi connectivity index (χ4n) is 2.85. The number of hydrogen-bond donors (Lipinski definition) is 3. The van der Waals surface area contributed by atoms with E-state index in [0.29, 0.717) is 5.92 Å². The molecule has 2 aromatic heterocycles. The zero-order chi connectivity index (χ0) is 16.6. The molecular weight excluding hydrogens is 292 g/mol. The number of nitrogens with one attached hydrogen (secondary N) is 3. The van der Waals surface area contributed by atoms with Gasteiger partial charge in [-0.3, -0.25) is 25.5 Å². The fourth-order valence-corrected chi connectivity index (χ4v) is 2.85. The third kappa shape index (κ3) is 2.65. The summed E-state index contributed by atoms with van der Waals surface area (Å²) in [6.45, 7) is 3.96. The van der Waals surface area contributed by atoms with Gasteiger partial charge >= 0.3 is 0 Å². The molecule has 0 aromatic carbocycles. The molecule has 3 rings (SSSR count). The lowest BCUT2D eigenvalue weighted by molar-refractivity contribution is 0.102. The molecule has 1 unspecified atom stereocenters. The number of aryl methyl sites for hydroxylation is 1. The molecule has 7 nitrogen and oxygen atoms in total. The van der Waals surface area contributed by atoms with Crippen molar-refractivity contribution in [1.29, 1.82) is 10.8 Å². The van der Waals surface area contributed by atoms with Crippen molar-refractivity contribution < 1.29 is 4.79 Å². The number of anilines is 1. The van der Waals surface area contributed by atoms with Crippen LogP contribution in [-0.4, -0.2) is 26.8 Å². The van der Waals surface area contributed by atoms with Crippen molar-refractivity contribution in [3.05, 3.63) is 46.3 Å². The summed E-state index contributed by atoms with van der Waals surface area (Å²) in [7, 11) is 0. The topological polar surface area (TPSA) is 108 Å². The van der Waals surface area contributed by atoms with E-state index in [0.717, 1.165) is 36.0 Å². The van der Waals surface area contributed by atoms with Gasteiger partial charge < -0.3 is 0 Å². The van der Waals surface area contributed by atoms with Gasteiger partial charge in [-0.25, -0.2) is 9.97 Å². The van der Waals surface area contributed by atoms with E-state index in [2.05, 4.69) is 22.2 Å². The van der Waals surface area contributed by atoms with Gasteiger partial charge in [-0.1, -0.05) is 6.92 Å². The predicted molar refractivity (Wildman–Crippen MR) is 85.9 cm³/mol. The minimum atomic E-state index is -0.434. The zero-order valence-electron chi connectivity index (χ0n) is 13.1. The van der Waals surface area contributed by atoms with Crippen LogP contribution in [0.2, 0.25) is 0 Å². The molecule has 0 radical (unpaired) electrons. The standard InChI is InChI=1S/C16H18N6O/c1-9-6-19-16(20-7-9)21-15(23)12-5-11-10(2)3-4-13(11)22(8-17)14(12)18/h5-8,10,17-18H,3-4H2,1-2H3,(H,19,20,21,23). The van der Waals surface area contributed by atoms with E-state index in [1.165, 1.54) is 4.57 Å². The van der Waals surface area contributed by atoms with Crippen LogP contribution in [0.15, 0.2) is 18.5 Å². The lowest BCUT2D eigenvalue weighted by Crippen LogP contribution is -2.31. The molecule has 23 heavy (non-hydrogen) atoms. The molecule has 118 valence electrons. The summed E-state index contributed by atoms with van der Waals surface area (Å²) in [5, 5.41) is 18.4. The van der Waals surface area contributed by atoms with E-state index in [1.54, 1.807) is 18.5 Å². The molecule has 0 spiro atoms. The molecule has 0 aliphatic heterocycles. The molecule has 1 amide bonds. The van der Waals surface area contributed by atoms with E-state index >= 15 is 0 Å². The molecule has 0 bridgehead atoms. The Kier molecular flexibility index (Phi) is 3.77. The van der Waals surface area contributed by atoms with Gasteiger partial charge in [-0.15, -0.1) is 0 Å². The van der Waals surface area contributed by atoms with E-state index in [4.69, 9.17) is 10.8 Å². The summed E-state index contributed by atoms with van der Waals surface area (Å²) in [5.74, 6) is 0.0882. The zero-order valence-corrected chi connectivity index (χ0v) is 13.1. The van der Waals surface area contributed by atoms with Crippen molar-refractivity contribution in [1.82, 2.24) is 14.5 Å². The largest absolute Gasteiger partial charge is 0.291 e. The van der Waals surface area contributed by atoms with E-state index in [9.17, 15) is 4.79 Å². The average molecular weight is 310 g/mol. The highest BCUT2D eigenvalue weighted by atomic mass is 16.1. The molecule has 2 aromatic rings. The maximum atomic E-state index is 12.5. The monoisotopic (exact) mass is 310 g/mol. The van der Waals surface area contributed by atoms with Crippen LogP contribution in [0.1, 0.15) is 46.4 Å². The summed E-state index contributed by atoms with van der Waals surface area (Å²) in [6.07, 6.45) is 6.12. The van der Waals surface area contributed by atoms with Gasteiger partial charge in [-0.2, -0.15) is 0 Å². The Labute approximate surface area is 133 Å². The van der Waals surface area contributed by atoms with Crippen molar-refractivity contribution in [2.45, 2.75) is 32.6 Å². The number of aromatic nitrogens is 3. The van der Waals surface area contributed by atoms with Gasteiger partial charge in [0.25, 0.3) is 5.91 Å². The van der Waals surface area contributed by atoms with Gasteiger partial charge in [0.05, 0.1) is 11.9 Å². The maximum absolute atomic E-state index is 12.5. The first kappa shape index (κ1) is 15.1. The van der Waals surface area contributed by atoms with Crippen LogP contribution in [0.3, 0.4) is 0 Å². The lowest BCUT2D eigenvalue weighted by atomic mass is 10.0. The molecule has 0 fully saturated rings. The molecule has 3 N–H and O–H groups in total. The van der Waals surface area contributed by atoms with Gasteiger partial charge in [0, 0.05) is 18.1 Å². The number of hydrogen-bond acceptors (Lipinski definition) is 5. The Morgan fingerprint density at radius 3 is 2.78 bits per heavy atom. The molecular formula is C16H18N6O. The summed E-state index contributed by atoms with van der Waals surface area (Å²) in [6, 6.07) is 1.76. The first-order valence-electron chi connectivity index (χ1n) is 7.44. The van der Waals surface area contributed by atoms with Crippen molar-refractivity contribution >= 4 is 18.2 Å². The highest BCUT2D eigenvalue weighted by Gasteiger charge is 2.25. The number of fused-ring (bicyclic) bond motifs is 1. The predicted octanol–water partition coefficient (Wildman–Crippen LogP) is 1.82.